The Labute approximate surface area is 179 Å². The molecule has 0 aliphatic heterocycles. The van der Waals surface area contributed by atoms with Crippen LogP contribution >= 0.6 is 11.3 Å². The quantitative estimate of drug-likeness (QED) is 0.436. The highest BCUT2D eigenvalue weighted by atomic mass is 32.1. The van der Waals surface area contributed by atoms with Gasteiger partial charge >= 0.3 is 0 Å². The summed E-state index contributed by atoms with van der Waals surface area (Å²) in [5.74, 6) is 0.732. The van der Waals surface area contributed by atoms with E-state index in [-0.39, 0.29) is 5.91 Å². The lowest BCUT2D eigenvalue weighted by Crippen LogP contribution is -2.09. The minimum Gasteiger partial charge on any atom is -0.489 e. The number of rotatable bonds is 7. The number of amides is 1. The summed E-state index contributed by atoms with van der Waals surface area (Å²) < 4.78 is 7.74. The molecule has 0 aliphatic rings. The number of hydrogen-bond donors (Lipinski definition) is 1. The average Bonchev–Trinajstić information content (AvgIpc) is 3.39. The molecule has 30 heavy (non-hydrogen) atoms. The lowest BCUT2D eigenvalue weighted by Gasteiger charge is -2.09. The second-order valence-corrected chi connectivity index (χ2v) is 8.08. The molecule has 1 N–H and O–H groups in total. The van der Waals surface area contributed by atoms with Crippen LogP contribution in [0.2, 0.25) is 0 Å². The summed E-state index contributed by atoms with van der Waals surface area (Å²) in [6.07, 6.45) is 3.50. The Morgan fingerprint density at radius 3 is 2.77 bits per heavy atom. The van der Waals surface area contributed by atoms with Crippen molar-refractivity contribution >= 4 is 22.9 Å². The van der Waals surface area contributed by atoms with Gasteiger partial charge in [0, 0.05) is 11.8 Å². The molecule has 2 heterocycles. The molecule has 0 unspecified atom stereocenters. The van der Waals surface area contributed by atoms with Crippen molar-refractivity contribution < 1.29 is 9.53 Å². The van der Waals surface area contributed by atoms with Crippen LogP contribution in [0.5, 0.6) is 5.75 Å². The third-order valence-electron chi connectivity index (χ3n) is 4.91. The van der Waals surface area contributed by atoms with Gasteiger partial charge in [0.25, 0.3) is 5.91 Å². The first-order chi connectivity index (χ1) is 14.6. The van der Waals surface area contributed by atoms with E-state index < -0.39 is 0 Å². The van der Waals surface area contributed by atoms with E-state index in [1.807, 2.05) is 64.8 Å². The maximum absolute atomic E-state index is 12.6. The Balaban J connectivity index is 1.34. The van der Waals surface area contributed by atoms with Gasteiger partial charge in [-0.15, -0.1) is 11.3 Å². The fourth-order valence-corrected chi connectivity index (χ4v) is 3.88. The number of aryl methyl sites for hydroxylation is 1. The number of carbonyl (C=O) groups excluding carboxylic acids is 1. The molecule has 6 heteroatoms. The summed E-state index contributed by atoms with van der Waals surface area (Å²) in [4.78, 5) is 13.2. The maximum atomic E-state index is 12.6. The van der Waals surface area contributed by atoms with E-state index in [9.17, 15) is 4.79 Å². The average molecular weight is 418 g/mol. The van der Waals surface area contributed by atoms with E-state index in [1.165, 1.54) is 16.9 Å². The van der Waals surface area contributed by atoms with Gasteiger partial charge in [0.1, 0.15) is 12.4 Å². The van der Waals surface area contributed by atoms with Crippen LogP contribution in [0.25, 0.3) is 0 Å². The van der Waals surface area contributed by atoms with E-state index in [1.54, 1.807) is 6.20 Å². The first kappa shape index (κ1) is 19.9. The predicted octanol–water partition coefficient (Wildman–Crippen LogP) is 5.44. The number of carbonyl (C=O) groups is 1. The highest BCUT2D eigenvalue weighted by molar-refractivity contribution is 7.12. The smallest absolute Gasteiger partial charge is 0.265 e. The minimum absolute atomic E-state index is 0.141. The number of nitrogens with one attached hydrogen (secondary N) is 1. The summed E-state index contributed by atoms with van der Waals surface area (Å²) in [6.45, 7) is 5.21. The standard InChI is InChI=1S/C24H23N3O2S/c1-17-7-6-10-22(18(17)2)29-15-20-11-23(30-16-20)24(28)26-21-12-25-27(14-21)13-19-8-4-3-5-9-19/h3-12,14,16H,13,15H2,1-2H3,(H,26,28). The highest BCUT2D eigenvalue weighted by Crippen LogP contribution is 2.23. The zero-order chi connectivity index (χ0) is 20.9. The van der Waals surface area contributed by atoms with Gasteiger partial charge in [-0.1, -0.05) is 42.5 Å². The second kappa shape index (κ2) is 8.97. The predicted molar refractivity (Wildman–Crippen MR) is 120 cm³/mol. The Morgan fingerprint density at radius 2 is 1.93 bits per heavy atom. The SMILES string of the molecule is Cc1cccc(OCc2csc(C(=O)Nc3cnn(Cc4ccccc4)c3)c2)c1C. The van der Waals surface area contributed by atoms with Crippen LogP contribution in [0.3, 0.4) is 0 Å². The lowest BCUT2D eigenvalue weighted by molar-refractivity contribution is 0.103. The van der Waals surface area contributed by atoms with Gasteiger partial charge in [-0.2, -0.15) is 5.10 Å². The van der Waals surface area contributed by atoms with Crippen molar-refractivity contribution in [2.75, 3.05) is 5.32 Å². The Morgan fingerprint density at radius 1 is 1.10 bits per heavy atom. The van der Waals surface area contributed by atoms with E-state index in [0.29, 0.717) is 23.7 Å². The van der Waals surface area contributed by atoms with Crippen molar-refractivity contribution in [3.8, 4) is 5.75 Å². The van der Waals surface area contributed by atoms with Crippen LogP contribution < -0.4 is 10.1 Å². The van der Waals surface area contributed by atoms with Gasteiger partial charge in [-0.3, -0.25) is 9.48 Å². The summed E-state index contributed by atoms with van der Waals surface area (Å²) in [5.41, 5.74) is 5.15. The van der Waals surface area contributed by atoms with E-state index in [0.717, 1.165) is 22.4 Å². The number of aromatic nitrogens is 2. The largest absolute Gasteiger partial charge is 0.489 e. The summed E-state index contributed by atoms with van der Waals surface area (Å²) in [7, 11) is 0. The minimum atomic E-state index is -0.141. The van der Waals surface area contributed by atoms with Crippen LogP contribution in [0.15, 0.2) is 72.4 Å². The summed E-state index contributed by atoms with van der Waals surface area (Å²) in [6, 6.07) is 18.0. The van der Waals surface area contributed by atoms with Crippen molar-refractivity contribution in [1.82, 2.24) is 9.78 Å². The number of anilines is 1. The van der Waals surface area contributed by atoms with Crippen LogP contribution in [0.1, 0.15) is 31.9 Å². The number of nitrogens with zero attached hydrogens (tertiary/aromatic N) is 2. The first-order valence-electron chi connectivity index (χ1n) is 9.72. The zero-order valence-corrected chi connectivity index (χ0v) is 17.8. The summed E-state index contributed by atoms with van der Waals surface area (Å²) >= 11 is 1.41. The van der Waals surface area contributed by atoms with Crippen LogP contribution in [0.4, 0.5) is 5.69 Å². The number of benzene rings is 2. The van der Waals surface area contributed by atoms with Crippen LogP contribution in [-0.2, 0) is 13.2 Å². The molecular formula is C24H23N3O2S. The van der Waals surface area contributed by atoms with Gasteiger partial charge in [-0.05, 0) is 48.1 Å². The first-order valence-corrected chi connectivity index (χ1v) is 10.6. The van der Waals surface area contributed by atoms with Gasteiger partial charge in [-0.25, -0.2) is 0 Å². The molecule has 2 aromatic carbocycles. The van der Waals surface area contributed by atoms with Crippen molar-refractivity contribution in [3.05, 3.63) is 99.5 Å². The van der Waals surface area contributed by atoms with Gasteiger partial charge in [0.15, 0.2) is 0 Å². The fourth-order valence-electron chi connectivity index (χ4n) is 3.09. The van der Waals surface area contributed by atoms with Crippen LogP contribution in [-0.4, -0.2) is 15.7 Å². The molecule has 0 saturated carbocycles. The molecule has 4 aromatic rings. The van der Waals surface area contributed by atoms with E-state index in [2.05, 4.69) is 30.3 Å². The van der Waals surface area contributed by atoms with Gasteiger partial charge in [0.05, 0.1) is 23.3 Å². The zero-order valence-electron chi connectivity index (χ0n) is 17.0. The molecule has 0 atom stereocenters. The Kier molecular flexibility index (Phi) is 5.95. The summed E-state index contributed by atoms with van der Waals surface area (Å²) in [5, 5.41) is 9.20. The Hall–Kier alpha value is -3.38. The van der Waals surface area contributed by atoms with E-state index in [4.69, 9.17) is 4.74 Å². The lowest BCUT2D eigenvalue weighted by atomic mass is 10.1. The second-order valence-electron chi connectivity index (χ2n) is 7.17. The highest BCUT2D eigenvalue weighted by Gasteiger charge is 2.12. The third kappa shape index (κ3) is 4.78. The van der Waals surface area contributed by atoms with E-state index >= 15 is 0 Å². The molecule has 0 spiro atoms. The molecule has 0 saturated heterocycles. The monoisotopic (exact) mass is 417 g/mol. The van der Waals surface area contributed by atoms with Crippen LogP contribution in [0, 0.1) is 13.8 Å². The molecule has 2 aromatic heterocycles. The maximum Gasteiger partial charge on any atom is 0.265 e. The number of thiophene rings is 1. The molecule has 1 amide bonds. The normalized spacial score (nSPS) is 10.7. The molecule has 4 rings (SSSR count). The van der Waals surface area contributed by atoms with Crippen molar-refractivity contribution in [1.29, 1.82) is 0 Å². The fraction of sp³-hybridized carbons (Fsp3) is 0.167. The molecule has 0 radical (unpaired) electrons. The van der Waals surface area contributed by atoms with Crippen molar-refractivity contribution in [2.24, 2.45) is 0 Å². The van der Waals surface area contributed by atoms with Crippen molar-refractivity contribution in [3.63, 3.8) is 0 Å². The van der Waals surface area contributed by atoms with Gasteiger partial charge < -0.3 is 10.1 Å². The topological polar surface area (TPSA) is 56.1 Å². The number of hydrogen-bond acceptors (Lipinski definition) is 4. The molecule has 0 aliphatic carbocycles. The molecule has 0 bridgehead atoms. The third-order valence-corrected chi connectivity index (χ3v) is 5.88. The molecule has 5 nitrogen and oxygen atoms in total. The van der Waals surface area contributed by atoms with Crippen molar-refractivity contribution in [2.45, 2.75) is 27.0 Å². The number of ether oxygens (including phenoxy) is 1. The molecule has 152 valence electrons. The molecule has 0 fully saturated rings. The Bertz CT molecular complexity index is 1150. The van der Waals surface area contributed by atoms with Gasteiger partial charge in [0.2, 0.25) is 0 Å². The molecular weight excluding hydrogens is 394 g/mol.